The minimum Gasteiger partial charge on any atom is -0.497 e. The van der Waals surface area contributed by atoms with E-state index in [1.54, 1.807) is 44.4 Å². The van der Waals surface area contributed by atoms with E-state index >= 15 is 0 Å². The first-order valence-corrected chi connectivity index (χ1v) is 8.55. The summed E-state index contributed by atoms with van der Waals surface area (Å²) >= 11 is 0. The molecule has 9 heteroatoms. The lowest BCUT2D eigenvalue weighted by molar-refractivity contribution is -0.116. The standard InChI is InChI=1S/C19H20N4O5/c1-11-4-6-13(19(25)20-11)18-22-17(28-23-18)9-8-16(24)21-14-7-5-12(26-2)10-15(14)27-3/h4-7,10H,8-9H2,1-3H3,(H,20,25)(H,21,24). The maximum absolute atomic E-state index is 12.2. The summed E-state index contributed by atoms with van der Waals surface area (Å²) in [5, 5.41) is 6.59. The van der Waals surface area contributed by atoms with Gasteiger partial charge in [-0.1, -0.05) is 5.16 Å². The molecule has 2 N–H and O–H groups in total. The Kier molecular flexibility index (Phi) is 5.73. The van der Waals surface area contributed by atoms with Gasteiger partial charge in [0.2, 0.25) is 17.6 Å². The summed E-state index contributed by atoms with van der Waals surface area (Å²) in [6, 6.07) is 8.48. The molecular formula is C19H20N4O5. The molecule has 1 aromatic carbocycles. The second-order valence-corrected chi connectivity index (χ2v) is 6.01. The van der Waals surface area contributed by atoms with Crippen molar-refractivity contribution in [2.45, 2.75) is 19.8 Å². The number of pyridine rings is 1. The van der Waals surface area contributed by atoms with E-state index in [4.69, 9.17) is 14.0 Å². The van der Waals surface area contributed by atoms with Gasteiger partial charge in [0.1, 0.15) is 11.5 Å². The Morgan fingerprint density at radius 1 is 1.21 bits per heavy atom. The number of nitrogens with zero attached hydrogens (tertiary/aromatic N) is 2. The number of H-pyrrole nitrogens is 1. The maximum atomic E-state index is 12.2. The molecule has 0 aliphatic heterocycles. The molecule has 0 fully saturated rings. The van der Waals surface area contributed by atoms with Gasteiger partial charge in [-0.25, -0.2) is 0 Å². The molecule has 0 atom stereocenters. The van der Waals surface area contributed by atoms with Crippen molar-refractivity contribution in [2.24, 2.45) is 0 Å². The minimum absolute atomic E-state index is 0.126. The first-order valence-electron chi connectivity index (χ1n) is 8.55. The molecule has 0 spiro atoms. The molecule has 0 radical (unpaired) electrons. The van der Waals surface area contributed by atoms with E-state index in [-0.39, 0.29) is 36.0 Å². The predicted molar refractivity (Wildman–Crippen MR) is 102 cm³/mol. The van der Waals surface area contributed by atoms with E-state index in [1.165, 1.54) is 7.11 Å². The highest BCUT2D eigenvalue weighted by atomic mass is 16.5. The third-order valence-electron chi connectivity index (χ3n) is 4.01. The summed E-state index contributed by atoms with van der Waals surface area (Å²) in [4.78, 5) is 31.1. The van der Waals surface area contributed by atoms with E-state index in [0.717, 1.165) is 5.69 Å². The number of aromatic nitrogens is 3. The van der Waals surface area contributed by atoms with Crippen LogP contribution < -0.4 is 20.3 Å². The lowest BCUT2D eigenvalue weighted by Gasteiger charge is -2.11. The van der Waals surface area contributed by atoms with E-state index in [9.17, 15) is 9.59 Å². The van der Waals surface area contributed by atoms with Crippen LogP contribution >= 0.6 is 0 Å². The van der Waals surface area contributed by atoms with Gasteiger partial charge in [-0.3, -0.25) is 9.59 Å². The number of hydrogen-bond donors (Lipinski definition) is 2. The Bertz CT molecular complexity index is 1040. The van der Waals surface area contributed by atoms with E-state index in [2.05, 4.69) is 20.4 Å². The van der Waals surface area contributed by atoms with Gasteiger partial charge in [-0.15, -0.1) is 0 Å². The fourth-order valence-electron chi connectivity index (χ4n) is 2.55. The number of hydrogen-bond acceptors (Lipinski definition) is 7. The summed E-state index contributed by atoms with van der Waals surface area (Å²) in [5.41, 5.74) is 1.29. The Labute approximate surface area is 160 Å². The third kappa shape index (κ3) is 4.37. The van der Waals surface area contributed by atoms with Crippen molar-refractivity contribution in [2.75, 3.05) is 19.5 Å². The molecule has 2 aromatic heterocycles. The molecule has 146 valence electrons. The molecule has 9 nitrogen and oxygen atoms in total. The summed E-state index contributed by atoms with van der Waals surface area (Å²) in [6.07, 6.45) is 0.363. The van der Waals surface area contributed by atoms with E-state index < -0.39 is 0 Å². The average Bonchev–Trinajstić information content (AvgIpc) is 3.15. The molecule has 28 heavy (non-hydrogen) atoms. The van der Waals surface area contributed by atoms with Crippen molar-refractivity contribution >= 4 is 11.6 Å². The summed E-state index contributed by atoms with van der Waals surface area (Å²) in [7, 11) is 3.06. The number of rotatable bonds is 7. The number of benzene rings is 1. The second kappa shape index (κ2) is 8.38. The fraction of sp³-hybridized carbons (Fsp3) is 0.263. The molecule has 0 aliphatic rings. The lowest BCUT2D eigenvalue weighted by Crippen LogP contribution is -2.13. The van der Waals surface area contributed by atoms with Crippen LogP contribution in [0.3, 0.4) is 0 Å². The molecule has 0 bridgehead atoms. The van der Waals surface area contributed by atoms with Gasteiger partial charge in [0.15, 0.2) is 0 Å². The van der Waals surface area contributed by atoms with Gasteiger partial charge in [0.05, 0.1) is 25.5 Å². The summed E-state index contributed by atoms with van der Waals surface area (Å²) in [6.45, 7) is 1.78. The largest absolute Gasteiger partial charge is 0.497 e. The average molecular weight is 384 g/mol. The van der Waals surface area contributed by atoms with Crippen LogP contribution in [-0.4, -0.2) is 35.3 Å². The molecule has 2 heterocycles. The quantitative estimate of drug-likeness (QED) is 0.641. The SMILES string of the molecule is COc1ccc(NC(=O)CCc2nc(-c3ccc(C)[nH]c3=O)no2)c(OC)c1. The first kappa shape index (κ1) is 19.2. The van der Waals surface area contributed by atoms with Gasteiger partial charge in [-0.05, 0) is 31.2 Å². The predicted octanol–water partition coefficient (Wildman–Crippen LogP) is 2.32. The fourth-order valence-corrected chi connectivity index (χ4v) is 2.55. The Morgan fingerprint density at radius 2 is 2.04 bits per heavy atom. The van der Waals surface area contributed by atoms with Crippen LogP contribution in [-0.2, 0) is 11.2 Å². The summed E-state index contributed by atoms with van der Waals surface area (Å²) < 4.78 is 15.5. The first-order chi connectivity index (χ1) is 13.5. The molecule has 1 amide bonds. The number of anilines is 1. The smallest absolute Gasteiger partial charge is 0.259 e. The van der Waals surface area contributed by atoms with Crippen LogP contribution in [0.5, 0.6) is 11.5 Å². The van der Waals surface area contributed by atoms with Crippen molar-refractivity contribution in [3.63, 3.8) is 0 Å². The van der Waals surface area contributed by atoms with Crippen LogP contribution in [0.1, 0.15) is 18.0 Å². The number of carbonyl (C=O) groups excluding carboxylic acids is 1. The van der Waals surface area contributed by atoms with Crippen molar-refractivity contribution in [3.05, 3.63) is 52.3 Å². The minimum atomic E-state index is -0.295. The Balaban J connectivity index is 1.63. The Morgan fingerprint density at radius 3 is 2.75 bits per heavy atom. The van der Waals surface area contributed by atoms with Crippen LogP contribution in [0.2, 0.25) is 0 Å². The molecule has 0 saturated heterocycles. The zero-order chi connectivity index (χ0) is 20.1. The van der Waals surface area contributed by atoms with E-state index in [0.29, 0.717) is 22.7 Å². The molecule has 0 saturated carbocycles. The second-order valence-electron chi connectivity index (χ2n) is 6.01. The van der Waals surface area contributed by atoms with Crippen LogP contribution in [0.4, 0.5) is 5.69 Å². The van der Waals surface area contributed by atoms with Gasteiger partial charge >= 0.3 is 0 Å². The summed E-state index contributed by atoms with van der Waals surface area (Å²) in [5.74, 6) is 1.34. The number of ether oxygens (including phenoxy) is 2. The monoisotopic (exact) mass is 384 g/mol. The van der Waals surface area contributed by atoms with Gasteiger partial charge in [-0.2, -0.15) is 4.98 Å². The van der Waals surface area contributed by atoms with Gasteiger partial charge < -0.3 is 24.3 Å². The molecule has 3 rings (SSSR count). The number of aryl methyl sites for hydroxylation is 2. The van der Waals surface area contributed by atoms with Gasteiger partial charge in [0, 0.05) is 24.6 Å². The number of methoxy groups -OCH3 is 2. The number of nitrogens with one attached hydrogen (secondary N) is 2. The van der Waals surface area contributed by atoms with Crippen molar-refractivity contribution < 1.29 is 18.8 Å². The van der Waals surface area contributed by atoms with Crippen LogP contribution in [0, 0.1) is 6.92 Å². The zero-order valence-corrected chi connectivity index (χ0v) is 15.7. The van der Waals surface area contributed by atoms with Crippen LogP contribution in [0.15, 0.2) is 39.6 Å². The number of carbonyl (C=O) groups is 1. The maximum Gasteiger partial charge on any atom is 0.259 e. The zero-order valence-electron chi connectivity index (χ0n) is 15.7. The topological polar surface area (TPSA) is 119 Å². The molecular weight excluding hydrogens is 364 g/mol. The molecule has 0 aliphatic carbocycles. The van der Waals surface area contributed by atoms with Crippen molar-refractivity contribution in [1.29, 1.82) is 0 Å². The van der Waals surface area contributed by atoms with Crippen molar-refractivity contribution in [3.8, 4) is 22.9 Å². The highest BCUT2D eigenvalue weighted by Gasteiger charge is 2.14. The number of amides is 1. The normalized spacial score (nSPS) is 10.5. The van der Waals surface area contributed by atoms with Gasteiger partial charge in [0.25, 0.3) is 5.56 Å². The number of aromatic amines is 1. The van der Waals surface area contributed by atoms with Crippen molar-refractivity contribution in [1.82, 2.24) is 15.1 Å². The third-order valence-corrected chi connectivity index (χ3v) is 4.01. The molecule has 0 unspecified atom stereocenters. The Hall–Kier alpha value is -3.62. The van der Waals surface area contributed by atoms with Crippen LogP contribution in [0.25, 0.3) is 11.4 Å². The van der Waals surface area contributed by atoms with E-state index in [1.807, 2.05) is 0 Å². The molecule has 3 aromatic rings. The highest BCUT2D eigenvalue weighted by Crippen LogP contribution is 2.29. The highest BCUT2D eigenvalue weighted by molar-refractivity contribution is 5.92. The lowest BCUT2D eigenvalue weighted by atomic mass is 10.2.